The number of aliphatic hydroxyl groups is 1. The van der Waals surface area contributed by atoms with Crippen LogP contribution in [0.3, 0.4) is 0 Å². The fourth-order valence-electron chi connectivity index (χ4n) is 2.39. The molecule has 1 nitrogen and oxygen atoms in total. The molecule has 1 aliphatic rings. The Bertz CT molecular complexity index is 132. The maximum atomic E-state index is 9.82. The van der Waals surface area contributed by atoms with Crippen LogP contribution in [0.1, 0.15) is 51.4 Å². The van der Waals surface area contributed by atoms with Crippen LogP contribution in [0.2, 0.25) is 0 Å². The maximum absolute atomic E-state index is 9.82. The summed E-state index contributed by atoms with van der Waals surface area (Å²) < 4.78 is 0. The van der Waals surface area contributed by atoms with E-state index in [0.29, 0.717) is 0 Å². The van der Waals surface area contributed by atoms with Gasteiger partial charge in [0.05, 0.1) is 6.10 Å². The highest BCUT2D eigenvalue weighted by Gasteiger charge is 2.16. The van der Waals surface area contributed by atoms with Crippen molar-refractivity contribution in [2.24, 2.45) is 5.92 Å². The molecule has 0 bridgehead atoms. The maximum Gasteiger partial charge on any atom is 0.0543 e. The van der Waals surface area contributed by atoms with E-state index in [1.165, 1.54) is 44.3 Å². The zero-order valence-electron chi connectivity index (χ0n) is 9.37. The average Bonchev–Trinajstić information content (AvgIpc) is 2.20. The standard InChI is InChI=1S/C12H24OS/c1-14-9-5-8-12(13)10-11-6-3-2-4-7-11/h11-13H,2-10H2,1H3. The third-order valence-electron chi connectivity index (χ3n) is 3.22. The van der Waals surface area contributed by atoms with Gasteiger partial charge in [0.25, 0.3) is 0 Å². The molecular formula is C12H24OS. The van der Waals surface area contributed by atoms with Crippen molar-refractivity contribution < 1.29 is 5.11 Å². The molecule has 1 aliphatic carbocycles. The first-order valence-electron chi connectivity index (χ1n) is 6.00. The minimum atomic E-state index is -0.0229. The lowest BCUT2D eigenvalue weighted by Gasteiger charge is -2.23. The second-order valence-corrected chi connectivity index (χ2v) is 5.51. The second kappa shape index (κ2) is 7.58. The van der Waals surface area contributed by atoms with Gasteiger partial charge in [0.1, 0.15) is 0 Å². The Morgan fingerprint density at radius 2 is 2.00 bits per heavy atom. The van der Waals surface area contributed by atoms with E-state index in [9.17, 15) is 5.11 Å². The molecule has 0 aromatic heterocycles. The van der Waals surface area contributed by atoms with Gasteiger partial charge in [-0.25, -0.2) is 0 Å². The van der Waals surface area contributed by atoms with Crippen LogP contribution in [-0.4, -0.2) is 23.2 Å². The van der Waals surface area contributed by atoms with E-state index in [0.717, 1.165) is 18.8 Å². The van der Waals surface area contributed by atoms with Crippen LogP contribution in [0.25, 0.3) is 0 Å². The number of hydrogen-bond acceptors (Lipinski definition) is 2. The molecule has 0 saturated heterocycles. The van der Waals surface area contributed by atoms with Crippen molar-refractivity contribution in [2.45, 2.75) is 57.5 Å². The molecule has 0 aromatic rings. The van der Waals surface area contributed by atoms with Crippen molar-refractivity contribution in [3.8, 4) is 0 Å². The molecule has 1 unspecified atom stereocenters. The SMILES string of the molecule is CSCCCC(O)CC1CCCCC1. The first-order chi connectivity index (χ1) is 6.83. The highest BCUT2D eigenvalue weighted by molar-refractivity contribution is 7.98. The van der Waals surface area contributed by atoms with Gasteiger partial charge in [0, 0.05) is 0 Å². The first-order valence-corrected chi connectivity index (χ1v) is 7.39. The van der Waals surface area contributed by atoms with Crippen LogP contribution < -0.4 is 0 Å². The van der Waals surface area contributed by atoms with E-state index >= 15 is 0 Å². The Kier molecular flexibility index (Phi) is 6.70. The van der Waals surface area contributed by atoms with Crippen molar-refractivity contribution in [2.75, 3.05) is 12.0 Å². The van der Waals surface area contributed by atoms with Crippen LogP contribution in [0.15, 0.2) is 0 Å². The van der Waals surface area contributed by atoms with Crippen LogP contribution in [0.4, 0.5) is 0 Å². The van der Waals surface area contributed by atoms with Crippen LogP contribution in [0, 0.1) is 5.92 Å². The van der Waals surface area contributed by atoms with Gasteiger partial charge in [-0.15, -0.1) is 0 Å². The lowest BCUT2D eigenvalue weighted by Crippen LogP contribution is -2.16. The van der Waals surface area contributed by atoms with Crippen molar-refractivity contribution in [1.82, 2.24) is 0 Å². The Morgan fingerprint density at radius 1 is 1.29 bits per heavy atom. The topological polar surface area (TPSA) is 20.2 Å². The number of rotatable bonds is 6. The van der Waals surface area contributed by atoms with Gasteiger partial charge in [0.15, 0.2) is 0 Å². The molecule has 1 N–H and O–H groups in total. The smallest absolute Gasteiger partial charge is 0.0543 e. The predicted molar refractivity (Wildman–Crippen MR) is 64.8 cm³/mol. The molecule has 0 amide bonds. The minimum absolute atomic E-state index is 0.0229. The summed E-state index contributed by atoms with van der Waals surface area (Å²) in [6.07, 6.45) is 12.3. The van der Waals surface area contributed by atoms with Gasteiger partial charge in [-0.3, -0.25) is 0 Å². The van der Waals surface area contributed by atoms with Crippen LogP contribution in [-0.2, 0) is 0 Å². The molecule has 0 heterocycles. The molecule has 0 aliphatic heterocycles. The number of thioether (sulfide) groups is 1. The fourth-order valence-corrected chi connectivity index (χ4v) is 2.84. The third-order valence-corrected chi connectivity index (χ3v) is 3.91. The van der Waals surface area contributed by atoms with E-state index in [4.69, 9.17) is 0 Å². The van der Waals surface area contributed by atoms with Gasteiger partial charge in [0.2, 0.25) is 0 Å². The first kappa shape index (κ1) is 12.4. The highest BCUT2D eigenvalue weighted by atomic mass is 32.2. The van der Waals surface area contributed by atoms with Gasteiger partial charge >= 0.3 is 0 Å². The van der Waals surface area contributed by atoms with E-state index < -0.39 is 0 Å². The molecule has 1 rings (SSSR count). The average molecular weight is 216 g/mol. The van der Waals surface area contributed by atoms with Crippen molar-refractivity contribution >= 4 is 11.8 Å². The Labute approximate surface area is 92.7 Å². The summed E-state index contributed by atoms with van der Waals surface area (Å²) in [7, 11) is 0. The fraction of sp³-hybridized carbons (Fsp3) is 1.00. The lowest BCUT2D eigenvalue weighted by molar-refractivity contribution is 0.121. The van der Waals surface area contributed by atoms with Gasteiger partial charge in [-0.05, 0) is 37.2 Å². The molecule has 0 radical (unpaired) electrons. The van der Waals surface area contributed by atoms with Crippen LogP contribution >= 0.6 is 11.8 Å². The monoisotopic (exact) mass is 216 g/mol. The van der Waals surface area contributed by atoms with E-state index in [1.807, 2.05) is 11.8 Å². The molecule has 0 spiro atoms. The summed E-state index contributed by atoms with van der Waals surface area (Å²) in [4.78, 5) is 0. The van der Waals surface area contributed by atoms with Crippen LogP contribution in [0.5, 0.6) is 0 Å². The molecular weight excluding hydrogens is 192 g/mol. The number of hydrogen-bond donors (Lipinski definition) is 1. The van der Waals surface area contributed by atoms with Gasteiger partial charge in [-0.1, -0.05) is 32.1 Å². The summed E-state index contributed by atoms with van der Waals surface area (Å²) in [5.74, 6) is 2.02. The van der Waals surface area contributed by atoms with Crippen molar-refractivity contribution in [1.29, 1.82) is 0 Å². The molecule has 1 fully saturated rings. The lowest BCUT2D eigenvalue weighted by atomic mass is 9.85. The van der Waals surface area contributed by atoms with E-state index in [1.54, 1.807) is 0 Å². The Balaban J connectivity index is 2.03. The number of aliphatic hydroxyl groups excluding tert-OH is 1. The summed E-state index contributed by atoms with van der Waals surface area (Å²) >= 11 is 1.88. The largest absolute Gasteiger partial charge is 0.393 e. The second-order valence-electron chi connectivity index (χ2n) is 4.53. The van der Waals surface area contributed by atoms with Crippen molar-refractivity contribution in [3.63, 3.8) is 0 Å². The molecule has 1 saturated carbocycles. The van der Waals surface area contributed by atoms with Gasteiger partial charge in [-0.2, -0.15) is 11.8 Å². The zero-order chi connectivity index (χ0) is 10.2. The molecule has 14 heavy (non-hydrogen) atoms. The molecule has 84 valence electrons. The van der Waals surface area contributed by atoms with E-state index in [2.05, 4.69) is 6.26 Å². The summed E-state index contributed by atoms with van der Waals surface area (Å²) in [6, 6.07) is 0. The minimum Gasteiger partial charge on any atom is -0.393 e. The molecule has 2 heteroatoms. The predicted octanol–water partition coefficient (Wildman–Crippen LogP) is 3.46. The zero-order valence-corrected chi connectivity index (χ0v) is 10.2. The molecule has 1 atom stereocenters. The summed E-state index contributed by atoms with van der Waals surface area (Å²) in [6.45, 7) is 0. The van der Waals surface area contributed by atoms with E-state index in [-0.39, 0.29) is 6.10 Å². The quantitative estimate of drug-likeness (QED) is 0.686. The van der Waals surface area contributed by atoms with Crippen molar-refractivity contribution in [3.05, 3.63) is 0 Å². The molecule has 0 aromatic carbocycles. The Morgan fingerprint density at radius 3 is 2.64 bits per heavy atom. The third kappa shape index (κ3) is 5.26. The van der Waals surface area contributed by atoms with Gasteiger partial charge < -0.3 is 5.11 Å². The summed E-state index contributed by atoms with van der Waals surface area (Å²) in [5, 5.41) is 9.82. The summed E-state index contributed by atoms with van der Waals surface area (Å²) in [5.41, 5.74) is 0. The Hall–Kier alpha value is 0.310. The highest BCUT2D eigenvalue weighted by Crippen LogP contribution is 2.28. The normalized spacial score (nSPS) is 21.0.